The topological polar surface area (TPSA) is 38.7 Å². The van der Waals surface area contributed by atoms with Gasteiger partial charge in [-0.3, -0.25) is 0 Å². The quantitative estimate of drug-likeness (QED) is 0.412. The molecule has 1 aliphatic heterocycles. The fourth-order valence-electron chi connectivity index (χ4n) is 3.46. The van der Waals surface area contributed by atoms with Gasteiger partial charge in [0.05, 0.1) is 18.3 Å². The lowest BCUT2D eigenvalue weighted by Crippen LogP contribution is -2.41. The van der Waals surface area contributed by atoms with E-state index < -0.39 is 8.32 Å². The van der Waals surface area contributed by atoms with Crippen LogP contribution in [0.5, 0.6) is 0 Å². The van der Waals surface area contributed by atoms with E-state index in [1.54, 1.807) is 0 Å². The Morgan fingerprint density at radius 3 is 2.46 bits per heavy atom. The van der Waals surface area contributed by atoms with Crippen LogP contribution in [0.3, 0.4) is 0 Å². The van der Waals surface area contributed by atoms with Crippen LogP contribution in [-0.2, 0) is 15.6 Å². The number of aliphatic hydroxyl groups is 1. The van der Waals surface area contributed by atoms with Crippen molar-refractivity contribution in [3.63, 3.8) is 0 Å². The van der Waals surface area contributed by atoms with Gasteiger partial charge < -0.3 is 14.3 Å². The molecule has 0 aliphatic carbocycles. The molecule has 0 spiro atoms. The van der Waals surface area contributed by atoms with Gasteiger partial charge in [-0.2, -0.15) is 0 Å². The summed E-state index contributed by atoms with van der Waals surface area (Å²) in [5.74, 6) is 0. The minimum absolute atomic E-state index is 0.0740. The Morgan fingerprint density at radius 2 is 1.82 bits per heavy atom. The van der Waals surface area contributed by atoms with Crippen molar-refractivity contribution in [3.05, 3.63) is 48.0 Å². The summed E-state index contributed by atoms with van der Waals surface area (Å²) in [5.41, 5.74) is 2.60. The van der Waals surface area contributed by atoms with Crippen LogP contribution in [0, 0.1) is 0 Å². The van der Waals surface area contributed by atoms with Gasteiger partial charge in [-0.05, 0) is 62.2 Å². The van der Waals surface area contributed by atoms with Gasteiger partial charge in [-0.25, -0.2) is 0 Å². The molecule has 1 fully saturated rings. The second-order valence-electron chi connectivity index (χ2n) is 9.85. The number of aryl methyl sites for hydroxylation is 1. The minimum atomic E-state index is -1.75. The first-order valence-corrected chi connectivity index (χ1v) is 13.7. The normalized spacial score (nSPS) is 22.3. The summed E-state index contributed by atoms with van der Waals surface area (Å²) in [6.45, 7) is 16.1. The third-order valence-corrected chi connectivity index (χ3v) is 10.8. The van der Waals surface area contributed by atoms with Crippen LogP contribution in [0.15, 0.2) is 42.5 Å². The van der Waals surface area contributed by atoms with E-state index in [-0.39, 0.29) is 23.4 Å². The van der Waals surface area contributed by atoms with E-state index in [0.717, 1.165) is 25.7 Å². The zero-order valence-electron chi connectivity index (χ0n) is 18.5. The van der Waals surface area contributed by atoms with Crippen LogP contribution in [0.25, 0.3) is 0 Å². The Hall–Kier alpha value is -0.943. The highest BCUT2D eigenvalue weighted by atomic mass is 28.4. The molecule has 1 aromatic carbocycles. The van der Waals surface area contributed by atoms with Crippen molar-refractivity contribution in [1.29, 1.82) is 0 Å². The number of hydrogen-bond donors (Lipinski definition) is 1. The average Bonchev–Trinajstić information content (AvgIpc) is 2.59. The predicted molar refractivity (Wildman–Crippen MR) is 120 cm³/mol. The lowest BCUT2D eigenvalue weighted by Gasteiger charge is -2.36. The van der Waals surface area contributed by atoms with Crippen molar-refractivity contribution in [2.75, 3.05) is 6.61 Å². The Balaban J connectivity index is 1.75. The highest BCUT2D eigenvalue weighted by molar-refractivity contribution is 6.74. The monoisotopic (exact) mass is 404 g/mol. The fraction of sp³-hybridized carbons (Fsp3) is 0.667. The van der Waals surface area contributed by atoms with Crippen LogP contribution in [0.2, 0.25) is 18.1 Å². The van der Waals surface area contributed by atoms with Gasteiger partial charge in [0, 0.05) is 6.61 Å². The van der Waals surface area contributed by atoms with Crippen molar-refractivity contribution in [2.45, 2.75) is 95.7 Å². The number of rotatable bonds is 9. The van der Waals surface area contributed by atoms with Crippen molar-refractivity contribution in [1.82, 2.24) is 0 Å². The Morgan fingerprint density at radius 1 is 1.18 bits per heavy atom. The van der Waals surface area contributed by atoms with Gasteiger partial charge >= 0.3 is 0 Å². The van der Waals surface area contributed by atoms with E-state index in [0.29, 0.717) is 19.4 Å². The molecule has 0 saturated carbocycles. The summed E-state index contributed by atoms with van der Waals surface area (Å²) in [5, 5.41) is 10.7. The van der Waals surface area contributed by atoms with Crippen LogP contribution in [0.1, 0.15) is 58.4 Å². The maximum Gasteiger partial charge on any atom is 0.191 e. The number of benzene rings is 1. The van der Waals surface area contributed by atoms with E-state index in [9.17, 15) is 5.11 Å². The second kappa shape index (κ2) is 10.2. The van der Waals surface area contributed by atoms with Crippen LogP contribution in [0.4, 0.5) is 0 Å². The molecule has 0 radical (unpaired) electrons. The first-order valence-electron chi connectivity index (χ1n) is 10.7. The Kier molecular flexibility index (Phi) is 8.50. The lowest BCUT2D eigenvalue weighted by molar-refractivity contribution is -0.0568. The molecule has 0 aromatic heterocycles. The highest BCUT2D eigenvalue weighted by Crippen LogP contribution is 2.36. The van der Waals surface area contributed by atoms with E-state index in [1.165, 1.54) is 11.1 Å². The molecule has 1 unspecified atom stereocenters. The molecule has 1 heterocycles. The van der Waals surface area contributed by atoms with Gasteiger partial charge in [0.2, 0.25) is 0 Å². The summed E-state index contributed by atoms with van der Waals surface area (Å²) >= 11 is 0. The Bertz CT molecular complexity index is 606. The van der Waals surface area contributed by atoms with E-state index >= 15 is 0 Å². The molecule has 1 aromatic rings. The third kappa shape index (κ3) is 7.47. The molecule has 1 saturated heterocycles. The summed E-state index contributed by atoms with van der Waals surface area (Å²) in [7, 11) is -1.75. The average molecular weight is 405 g/mol. The van der Waals surface area contributed by atoms with Crippen LogP contribution < -0.4 is 0 Å². The smallest absolute Gasteiger partial charge is 0.191 e. The van der Waals surface area contributed by atoms with E-state index in [4.69, 9.17) is 9.16 Å². The summed E-state index contributed by atoms with van der Waals surface area (Å²) < 4.78 is 12.5. The molecule has 4 heteroatoms. The van der Waals surface area contributed by atoms with Crippen molar-refractivity contribution >= 4 is 8.32 Å². The molecule has 2 rings (SSSR count). The van der Waals surface area contributed by atoms with E-state index in [1.807, 2.05) is 0 Å². The molecule has 3 nitrogen and oxygen atoms in total. The van der Waals surface area contributed by atoms with Gasteiger partial charge in [-0.15, -0.1) is 0 Å². The minimum Gasteiger partial charge on any atom is -0.417 e. The largest absolute Gasteiger partial charge is 0.417 e. The summed E-state index contributed by atoms with van der Waals surface area (Å²) in [4.78, 5) is 0. The van der Waals surface area contributed by atoms with Gasteiger partial charge in [0.15, 0.2) is 8.32 Å². The number of hydrogen-bond acceptors (Lipinski definition) is 3. The molecular formula is C24H40O3Si. The Labute approximate surface area is 173 Å². The third-order valence-electron chi connectivity index (χ3n) is 6.27. The molecule has 1 N–H and O–H groups in total. The molecule has 158 valence electrons. The lowest BCUT2D eigenvalue weighted by atomic mass is 9.93. The van der Waals surface area contributed by atoms with E-state index in [2.05, 4.69) is 70.8 Å². The maximum absolute atomic E-state index is 10.5. The standard InChI is InChI=1S/C24H40O3Si/c1-19-16-22(13-12-20-10-8-7-9-11-20)27-23(17-19)18-21(25)14-15-26-28(5,6)24(2,3)4/h7-11,21-23,25H,1,12-18H2,2-6H3/t21?,22-,23-/m0/s1. The van der Waals surface area contributed by atoms with Crippen molar-refractivity contribution < 1.29 is 14.3 Å². The first-order chi connectivity index (χ1) is 13.1. The summed E-state index contributed by atoms with van der Waals surface area (Å²) in [6.07, 6.45) is 5.08. The molecule has 0 amide bonds. The van der Waals surface area contributed by atoms with Crippen LogP contribution in [-0.4, -0.2) is 38.3 Å². The fourth-order valence-corrected chi connectivity index (χ4v) is 4.53. The first kappa shape index (κ1) is 23.3. The van der Waals surface area contributed by atoms with Gasteiger partial charge in [0.25, 0.3) is 0 Å². The molecule has 1 aliphatic rings. The molecular weight excluding hydrogens is 364 g/mol. The zero-order valence-corrected chi connectivity index (χ0v) is 19.5. The van der Waals surface area contributed by atoms with Crippen molar-refractivity contribution in [2.24, 2.45) is 0 Å². The van der Waals surface area contributed by atoms with Gasteiger partial charge in [0.1, 0.15) is 0 Å². The molecule has 28 heavy (non-hydrogen) atoms. The van der Waals surface area contributed by atoms with Crippen LogP contribution >= 0.6 is 0 Å². The highest BCUT2D eigenvalue weighted by Gasteiger charge is 2.37. The molecule has 3 atom stereocenters. The van der Waals surface area contributed by atoms with Crippen molar-refractivity contribution in [3.8, 4) is 0 Å². The predicted octanol–water partition coefficient (Wildman–Crippen LogP) is 5.89. The van der Waals surface area contributed by atoms with Gasteiger partial charge in [-0.1, -0.05) is 63.3 Å². The second-order valence-corrected chi connectivity index (χ2v) is 14.7. The SMILES string of the molecule is C=C1C[C@H](CCc2ccccc2)O[C@H](CC(O)CCO[Si](C)(C)C(C)(C)C)C1. The summed E-state index contributed by atoms with van der Waals surface area (Å²) in [6, 6.07) is 10.6. The zero-order chi connectivity index (χ0) is 20.8. The number of aliphatic hydroxyl groups excluding tert-OH is 1. The molecule has 0 bridgehead atoms. The number of ether oxygens (including phenoxy) is 1. The maximum atomic E-state index is 10.5.